The highest BCUT2D eigenvalue weighted by molar-refractivity contribution is 7.91. The second kappa shape index (κ2) is 7.05. The molecule has 0 amide bonds. The van der Waals surface area contributed by atoms with Gasteiger partial charge in [-0.2, -0.15) is 0 Å². The van der Waals surface area contributed by atoms with Crippen LogP contribution in [-0.4, -0.2) is 57.1 Å². The molecule has 0 saturated carbocycles. The normalized spacial score (nSPS) is 17.4. The summed E-state index contributed by atoms with van der Waals surface area (Å²) in [5.41, 5.74) is 1.62. The van der Waals surface area contributed by atoms with Crippen molar-refractivity contribution in [1.29, 1.82) is 0 Å². The summed E-state index contributed by atoms with van der Waals surface area (Å²) >= 11 is 0. The zero-order valence-corrected chi connectivity index (χ0v) is 15.4. The topological polar surface area (TPSA) is 81.9 Å². The average Bonchev–Trinajstić information content (AvgIpc) is 2.96. The van der Waals surface area contributed by atoms with E-state index in [1.54, 1.807) is 14.2 Å². The SMILES string of the molecule is COc1ccc(-c2nc(CN3CCS(=O)(=O)CC3)c(C)o2)cc1OC. The molecule has 1 aliphatic rings. The largest absolute Gasteiger partial charge is 0.493 e. The van der Waals surface area contributed by atoms with Crippen molar-refractivity contribution in [3.8, 4) is 23.0 Å². The molecule has 0 bridgehead atoms. The second-order valence-corrected chi connectivity index (χ2v) is 8.32. The molecular weight excluding hydrogens is 344 g/mol. The van der Waals surface area contributed by atoms with Crippen LogP contribution in [-0.2, 0) is 16.4 Å². The molecule has 0 unspecified atom stereocenters. The monoisotopic (exact) mass is 366 g/mol. The van der Waals surface area contributed by atoms with Crippen molar-refractivity contribution in [3.63, 3.8) is 0 Å². The highest BCUT2D eigenvalue weighted by Crippen LogP contribution is 2.32. The molecule has 0 spiro atoms. The molecule has 1 aliphatic heterocycles. The van der Waals surface area contributed by atoms with E-state index in [4.69, 9.17) is 13.9 Å². The lowest BCUT2D eigenvalue weighted by molar-refractivity contribution is 0.283. The van der Waals surface area contributed by atoms with Gasteiger partial charge in [-0.05, 0) is 25.1 Å². The van der Waals surface area contributed by atoms with Crippen LogP contribution in [0.2, 0.25) is 0 Å². The second-order valence-electron chi connectivity index (χ2n) is 6.02. The molecule has 7 nitrogen and oxygen atoms in total. The van der Waals surface area contributed by atoms with Gasteiger partial charge in [-0.3, -0.25) is 4.90 Å². The molecular formula is C17H22N2O5S. The van der Waals surface area contributed by atoms with Crippen LogP contribution in [0.15, 0.2) is 22.6 Å². The molecule has 25 heavy (non-hydrogen) atoms. The van der Waals surface area contributed by atoms with E-state index in [0.717, 1.165) is 17.0 Å². The predicted octanol–water partition coefficient (Wildman–Crippen LogP) is 1.90. The Morgan fingerprint density at radius 1 is 1.16 bits per heavy atom. The molecule has 0 atom stereocenters. The van der Waals surface area contributed by atoms with E-state index in [-0.39, 0.29) is 11.5 Å². The minimum Gasteiger partial charge on any atom is -0.493 e. The van der Waals surface area contributed by atoms with Crippen molar-refractivity contribution in [2.45, 2.75) is 13.5 Å². The first-order valence-corrected chi connectivity index (χ1v) is 9.85. The zero-order chi connectivity index (χ0) is 18.0. The Hall–Kier alpha value is -2.06. The lowest BCUT2D eigenvalue weighted by Gasteiger charge is -2.25. The number of sulfone groups is 1. The summed E-state index contributed by atoms with van der Waals surface area (Å²) in [6.45, 7) is 3.51. The van der Waals surface area contributed by atoms with Gasteiger partial charge < -0.3 is 13.9 Å². The number of nitrogens with zero attached hydrogens (tertiary/aromatic N) is 2. The van der Waals surface area contributed by atoms with Gasteiger partial charge in [0.1, 0.15) is 5.76 Å². The average molecular weight is 366 g/mol. The van der Waals surface area contributed by atoms with Crippen LogP contribution < -0.4 is 9.47 Å². The lowest BCUT2D eigenvalue weighted by atomic mass is 10.2. The highest BCUT2D eigenvalue weighted by Gasteiger charge is 2.23. The van der Waals surface area contributed by atoms with Gasteiger partial charge in [-0.25, -0.2) is 13.4 Å². The molecule has 8 heteroatoms. The number of methoxy groups -OCH3 is 2. The zero-order valence-electron chi connectivity index (χ0n) is 14.6. The predicted molar refractivity (Wildman–Crippen MR) is 93.7 cm³/mol. The summed E-state index contributed by atoms with van der Waals surface area (Å²) in [7, 11) is 0.287. The van der Waals surface area contributed by atoms with Crippen LogP contribution in [0.3, 0.4) is 0 Å². The molecule has 1 saturated heterocycles. The minimum absolute atomic E-state index is 0.201. The van der Waals surface area contributed by atoms with Crippen LogP contribution in [0.1, 0.15) is 11.5 Å². The van der Waals surface area contributed by atoms with E-state index in [1.807, 2.05) is 25.1 Å². The Labute approximate surface area is 147 Å². The van der Waals surface area contributed by atoms with Crippen molar-refractivity contribution in [1.82, 2.24) is 9.88 Å². The maximum atomic E-state index is 11.5. The van der Waals surface area contributed by atoms with Gasteiger partial charge in [0.25, 0.3) is 0 Å². The fourth-order valence-electron chi connectivity index (χ4n) is 2.79. The molecule has 1 fully saturated rings. The van der Waals surface area contributed by atoms with Crippen molar-refractivity contribution >= 4 is 9.84 Å². The van der Waals surface area contributed by atoms with Crippen LogP contribution in [0.4, 0.5) is 0 Å². The number of benzene rings is 1. The summed E-state index contributed by atoms with van der Waals surface area (Å²) < 4.78 is 39.4. The maximum absolute atomic E-state index is 11.5. The van der Waals surface area contributed by atoms with Crippen molar-refractivity contribution in [2.75, 3.05) is 38.8 Å². The van der Waals surface area contributed by atoms with Crippen molar-refractivity contribution < 1.29 is 22.3 Å². The fourth-order valence-corrected chi connectivity index (χ4v) is 4.06. The van der Waals surface area contributed by atoms with Gasteiger partial charge in [0.2, 0.25) is 5.89 Å². The Balaban J connectivity index is 1.78. The number of oxazole rings is 1. The highest BCUT2D eigenvalue weighted by atomic mass is 32.2. The first kappa shape index (κ1) is 17.8. The molecule has 0 radical (unpaired) electrons. The van der Waals surface area contributed by atoms with E-state index in [9.17, 15) is 8.42 Å². The first-order valence-electron chi connectivity index (χ1n) is 8.03. The number of hydrogen-bond acceptors (Lipinski definition) is 7. The molecule has 1 aromatic carbocycles. The molecule has 2 aromatic rings. The Morgan fingerprint density at radius 2 is 1.84 bits per heavy atom. The number of ether oxygens (including phenoxy) is 2. The standard InChI is InChI=1S/C17H22N2O5S/c1-12-14(11-19-6-8-25(20,21)9-7-19)18-17(24-12)13-4-5-15(22-2)16(10-13)23-3/h4-5,10H,6-9,11H2,1-3H3. The van der Waals surface area contributed by atoms with Gasteiger partial charge in [0.05, 0.1) is 31.4 Å². The number of rotatable bonds is 5. The third-order valence-electron chi connectivity index (χ3n) is 4.33. The van der Waals surface area contributed by atoms with E-state index in [2.05, 4.69) is 9.88 Å². The third-order valence-corrected chi connectivity index (χ3v) is 5.94. The number of hydrogen-bond donors (Lipinski definition) is 0. The molecule has 0 N–H and O–H groups in total. The van der Waals surface area contributed by atoms with Crippen molar-refractivity contribution in [2.24, 2.45) is 0 Å². The minimum atomic E-state index is -2.88. The van der Waals surface area contributed by atoms with Crippen LogP contribution in [0.5, 0.6) is 11.5 Å². The lowest BCUT2D eigenvalue weighted by Crippen LogP contribution is -2.39. The molecule has 3 rings (SSSR count). The quantitative estimate of drug-likeness (QED) is 0.799. The molecule has 0 aliphatic carbocycles. The van der Waals surface area contributed by atoms with E-state index in [0.29, 0.717) is 37.0 Å². The summed E-state index contributed by atoms with van der Waals surface area (Å²) in [5, 5.41) is 0. The van der Waals surface area contributed by atoms with E-state index in [1.165, 1.54) is 0 Å². The Kier molecular flexibility index (Phi) is 5.01. The summed E-state index contributed by atoms with van der Waals surface area (Å²) in [6, 6.07) is 5.49. The maximum Gasteiger partial charge on any atom is 0.226 e. The van der Waals surface area contributed by atoms with Gasteiger partial charge in [-0.15, -0.1) is 0 Å². The molecule has 1 aromatic heterocycles. The summed E-state index contributed by atoms with van der Waals surface area (Å²) in [5.74, 6) is 2.90. The van der Waals surface area contributed by atoms with Gasteiger partial charge in [-0.1, -0.05) is 0 Å². The van der Waals surface area contributed by atoms with E-state index >= 15 is 0 Å². The first-order chi connectivity index (χ1) is 11.9. The van der Waals surface area contributed by atoms with Gasteiger partial charge in [0.15, 0.2) is 21.3 Å². The van der Waals surface area contributed by atoms with Crippen LogP contribution >= 0.6 is 0 Å². The van der Waals surface area contributed by atoms with E-state index < -0.39 is 9.84 Å². The molecule has 2 heterocycles. The van der Waals surface area contributed by atoms with Gasteiger partial charge >= 0.3 is 0 Å². The van der Waals surface area contributed by atoms with Crippen LogP contribution in [0, 0.1) is 6.92 Å². The van der Waals surface area contributed by atoms with Crippen molar-refractivity contribution in [3.05, 3.63) is 29.7 Å². The van der Waals surface area contributed by atoms with Gasteiger partial charge in [0, 0.05) is 25.2 Å². The number of aromatic nitrogens is 1. The Bertz CT molecular complexity index is 846. The number of aryl methyl sites for hydroxylation is 1. The fraction of sp³-hybridized carbons (Fsp3) is 0.471. The van der Waals surface area contributed by atoms with Crippen LogP contribution in [0.25, 0.3) is 11.5 Å². The Morgan fingerprint density at radius 3 is 2.48 bits per heavy atom. The summed E-state index contributed by atoms with van der Waals surface area (Å²) in [4.78, 5) is 6.67. The molecule has 136 valence electrons. The third kappa shape index (κ3) is 3.96. The smallest absolute Gasteiger partial charge is 0.226 e. The summed E-state index contributed by atoms with van der Waals surface area (Å²) in [6.07, 6.45) is 0.